The molecule has 4 aromatic carbocycles. The zero-order valence-electron chi connectivity index (χ0n) is 22.5. The van der Waals surface area contributed by atoms with Gasteiger partial charge in [-0.3, -0.25) is 0 Å². The van der Waals surface area contributed by atoms with Crippen LogP contribution in [0, 0.1) is 11.8 Å². The summed E-state index contributed by atoms with van der Waals surface area (Å²) in [4.78, 5) is 24.5. The lowest BCUT2D eigenvalue weighted by Gasteiger charge is -2.17. The number of ether oxygens (including phenoxy) is 4. The summed E-state index contributed by atoms with van der Waals surface area (Å²) in [7, 11) is 0. The second kappa shape index (κ2) is 12.0. The van der Waals surface area contributed by atoms with E-state index in [1.165, 1.54) is 0 Å². The molecule has 198 valence electrons. The summed E-state index contributed by atoms with van der Waals surface area (Å²) in [5.74, 6) is 1.25. The normalized spacial score (nSPS) is 11.4. The van der Waals surface area contributed by atoms with Gasteiger partial charge in [0.05, 0.1) is 24.3 Å². The quantitative estimate of drug-likeness (QED) is 0.162. The average molecular weight is 515 g/mol. The summed E-state index contributed by atoms with van der Waals surface area (Å²) in [6, 6.07) is 22.3. The summed E-state index contributed by atoms with van der Waals surface area (Å²) in [5.41, 5.74) is 1.05. The van der Waals surface area contributed by atoms with Gasteiger partial charge in [-0.05, 0) is 81.9 Å². The minimum Gasteiger partial charge on any atom is -0.462 e. The molecule has 0 saturated carbocycles. The lowest BCUT2D eigenvalue weighted by atomic mass is 10.1. The van der Waals surface area contributed by atoms with E-state index in [0.717, 1.165) is 21.5 Å². The Morgan fingerprint density at radius 3 is 1.32 bits per heavy atom. The molecule has 4 rings (SSSR count). The highest BCUT2D eigenvalue weighted by Crippen LogP contribution is 2.26. The van der Waals surface area contributed by atoms with Crippen LogP contribution in [-0.4, -0.2) is 31.4 Å². The second-order valence-electron chi connectivity index (χ2n) is 10.2. The first-order valence-electron chi connectivity index (χ1n) is 12.9. The van der Waals surface area contributed by atoms with Crippen molar-refractivity contribution in [3.05, 3.63) is 83.9 Å². The van der Waals surface area contributed by atoms with Crippen molar-refractivity contribution in [1.29, 1.82) is 0 Å². The number of carbonyl (C=O) groups is 2. The van der Waals surface area contributed by atoms with Crippen molar-refractivity contribution in [3.63, 3.8) is 0 Å². The lowest BCUT2D eigenvalue weighted by Crippen LogP contribution is -2.19. The van der Waals surface area contributed by atoms with Crippen molar-refractivity contribution in [2.45, 2.75) is 40.9 Å². The molecule has 0 saturated heterocycles. The molecule has 0 atom stereocenters. The Morgan fingerprint density at radius 1 is 0.553 bits per heavy atom. The first kappa shape index (κ1) is 27.0. The van der Waals surface area contributed by atoms with Crippen molar-refractivity contribution in [1.82, 2.24) is 0 Å². The zero-order valence-corrected chi connectivity index (χ0v) is 22.5. The molecule has 6 heteroatoms. The van der Waals surface area contributed by atoms with E-state index in [4.69, 9.17) is 18.9 Å². The lowest BCUT2D eigenvalue weighted by molar-refractivity contribution is 0.0225. The molecular formula is C32H34O6. The van der Waals surface area contributed by atoms with E-state index in [2.05, 4.69) is 0 Å². The van der Waals surface area contributed by atoms with Crippen LogP contribution in [0.4, 0.5) is 0 Å². The fraction of sp³-hybridized carbons (Fsp3) is 0.312. The number of benzene rings is 4. The Balaban J connectivity index is 1.39. The number of hydrogen-bond acceptors (Lipinski definition) is 6. The third kappa shape index (κ3) is 7.03. The molecule has 0 fully saturated rings. The average Bonchev–Trinajstić information content (AvgIpc) is 2.89. The summed E-state index contributed by atoms with van der Waals surface area (Å²) >= 11 is 0. The van der Waals surface area contributed by atoms with E-state index >= 15 is 0 Å². The van der Waals surface area contributed by atoms with Crippen molar-refractivity contribution in [2.75, 3.05) is 13.2 Å². The molecule has 0 heterocycles. The van der Waals surface area contributed by atoms with Crippen LogP contribution in [0.25, 0.3) is 21.5 Å². The smallest absolute Gasteiger partial charge is 0.338 e. The van der Waals surface area contributed by atoms with Crippen LogP contribution in [0.1, 0.15) is 55.3 Å². The molecule has 0 amide bonds. The van der Waals surface area contributed by atoms with E-state index in [1.54, 1.807) is 12.1 Å². The topological polar surface area (TPSA) is 71.1 Å². The molecule has 0 aromatic heterocycles. The van der Waals surface area contributed by atoms with Gasteiger partial charge in [-0.25, -0.2) is 9.59 Å². The van der Waals surface area contributed by atoms with E-state index < -0.39 is 6.29 Å². The Hall–Kier alpha value is -4.06. The summed E-state index contributed by atoms with van der Waals surface area (Å²) in [6.45, 7) is 10.6. The van der Waals surface area contributed by atoms with Gasteiger partial charge in [0, 0.05) is 6.92 Å². The highest BCUT2D eigenvalue weighted by molar-refractivity contribution is 5.96. The van der Waals surface area contributed by atoms with Gasteiger partial charge < -0.3 is 18.9 Å². The largest absolute Gasteiger partial charge is 0.462 e. The first-order chi connectivity index (χ1) is 18.2. The predicted molar refractivity (Wildman–Crippen MR) is 149 cm³/mol. The molecule has 6 nitrogen and oxygen atoms in total. The standard InChI is InChI=1S/C32H34O6/c1-20(2)18-35-31(33)27-8-6-25-16-29(12-10-23(25)14-27)37-22(5)38-30-13-11-24-15-28(9-7-26(24)17-30)32(34)36-19-21(3)4/h6-17,20-22H,18-19H2,1-5H3. The Labute approximate surface area is 223 Å². The van der Waals surface area contributed by atoms with Crippen LogP contribution in [-0.2, 0) is 9.47 Å². The molecule has 0 N–H and O–H groups in total. The highest BCUT2D eigenvalue weighted by Gasteiger charge is 2.12. The third-order valence-corrected chi connectivity index (χ3v) is 5.79. The van der Waals surface area contributed by atoms with Crippen LogP contribution in [0.5, 0.6) is 11.5 Å². The van der Waals surface area contributed by atoms with E-state index in [1.807, 2.05) is 95.3 Å². The van der Waals surface area contributed by atoms with Gasteiger partial charge in [0.15, 0.2) is 0 Å². The van der Waals surface area contributed by atoms with Crippen LogP contribution in [0.3, 0.4) is 0 Å². The van der Waals surface area contributed by atoms with Gasteiger partial charge in [-0.1, -0.05) is 52.0 Å². The Bertz CT molecular complexity index is 1330. The van der Waals surface area contributed by atoms with Crippen molar-refractivity contribution < 1.29 is 28.5 Å². The maximum Gasteiger partial charge on any atom is 0.338 e. The van der Waals surface area contributed by atoms with Gasteiger partial charge in [0.25, 0.3) is 0 Å². The van der Waals surface area contributed by atoms with Crippen LogP contribution in [0.15, 0.2) is 72.8 Å². The second-order valence-corrected chi connectivity index (χ2v) is 10.2. The summed E-state index contributed by atoms with van der Waals surface area (Å²) < 4.78 is 22.7. The first-order valence-corrected chi connectivity index (χ1v) is 12.9. The fourth-order valence-corrected chi connectivity index (χ4v) is 3.91. The molecule has 38 heavy (non-hydrogen) atoms. The fourth-order valence-electron chi connectivity index (χ4n) is 3.91. The minimum absolute atomic E-state index is 0.288. The molecular weight excluding hydrogens is 480 g/mol. The monoisotopic (exact) mass is 514 g/mol. The van der Waals surface area contributed by atoms with Gasteiger partial charge in [0.2, 0.25) is 6.29 Å². The van der Waals surface area contributed by atoms with Crippen molar-refractivity contribution in [2.24, 2.45) is 11.8 Å². The number of hydrogen-bond donors (Lipinski definition) is 0. The maximum absolute atomic E-state index is 12.3. The van der Waals surface area contributed by atoms with Crippen LogP contribution >= 0.6 is 0 Å². The number of rotatable bonds is 10. The molecule has 0 unspecified atom stereocenters. The third-order valence-electron chi connectivity index (χ3n) is 5.79. The summed E-state index contributed by atoms with van der Waals surface area (Å²) in [6.07, 6.45) is -0.541. The molecule has 0 aliphatic heterocycles. The van der Waals surface area contributed by atoms with Crippen molar-refractivity contribution in [3.8, 4) is 11.5 Å². The van der Waals surface area contributed by atoms with E-state index in [0.29, 0.717) is 35.8 Å². The van der Waals surface area contributed by atoms with Gasteiger partial charge in [-0.15, -0.1) is 0 Å². The van der Waals surface area contributed by atoms with Crippen LogP contribution in [0.2, 0.25) is 0 Å². The van der Waals surface area contributed by atoms with E-state index in [9.17, 15) is 9.59 Å². The Kier molecular flexibility index (Phi) is 8.52. The van der Waals surface area contributed by atoms with E-state index in [-0.39, 0.29) is 23.8 Å². The number of carbonyl (C=O) groups excluding carboxylic acids is 2. The number of esters is 2. The minimum atomic E-state index is -0.541. The Morgan fingerprint density at radius 2 is 0.921 bits per heavy atom. The van der Waals surface area contributed by atoms with Crippen molar-refractivity contribution >= 4 is 33.5 Å². The SMILES string of the molecule is CC(C)COC(=O)c1ccc2cc(OC(C)Oc3ccc4cc(C(=O)OCC(C)C)ccc4c3)ccc2c1. The number of fused-ring (bicyclic) bond motifs is 2. The van der Waals surface area contributed by atoms with Gasteiger partial charge in [0.1, 0.15) is 11.5 Å². The predicted octanol–water partition coefficient (Wildman–Crippen LogP) is 7.42. The highest BCUT2D eigenvalue weighted by atomic mass is 16.7. The molecule has 0 aliphatic carbocycles. The molecule has 0 radical (unpaired) electrons. The molecule has 0 spiro atoms. The van der Waals surface area contributed by atoms with Crippen LogP contribution < -0.4 is 9.47 Å². The van der Waals surface area contributed by atoms with Gasteiger partial charge >= 0.3 is 11.9 Å². The van der Waals surface area contributed by atoms with Gasteiger partial charge in [-0.2, -0.15) is 0 Å². The maximum atomic E-state index is 12.3. The summed E-state index contributed by atoms with van der Waals surface area (Å²) in [5, 5.41) is 3.74. The molecule has 4 aromatic rings. The zero-order chi connectivity index (χ0) is 27.2. The molecule has 0 aliphatic rings. The molecule has 0 bridgehead atoms.